The first-order chi connectivity index (χ1) is 9.20. The number of aromatic nitrogens is 1. The molecule has 0 fully saturated rings. The predicted molar refractivity (Wildman–Crippen MR) is 77.0 cm³/mol. The zero-order chi connectivity index (χ0) is 13.7. The second-order valence-electron chi connectivity index (χ2n) is 4.08. The van der Waals surface area contributed by atoms with E-state index >= 15 is 0 Å². The molecule has 1 aromatic carbocycles. The van der Waals surface area contributed by atoms with Crippen LogP contribution in [-0.2, 0) is 0 Å². The molecule has 98 valence electrons. The Morgan fingerprint density at radius 2 is 2.16 bits per heavy atom. The maximum atomic E-state index is 12.1. The van der Waals surface area contributed by atoms with Crippen LogP contribution in [0.15, 0.2) is 47.5 Å². The van der Waals surface area contributed by atoms with Gasteiger partial charge in [0, 0.05) is 11.1 Å². The lowest BCUT2D eigenvalue weighted by Gasteiger charge is -2.06. The van der Waals surface area contributed by atoms with Crippen molar-refractivity contribution >= 4 is 17.5 Å². The summed E-state index contributed by atoms with van der Waals surface area (Å²) in [6.07, 6.45) is 1.60. The third kappa shape index (κ3) is 3.58. The number of ether oxygens (including phenoxy) is 1. The molecule has 0 aliphatic heterocycles. The van der Waals surface area contributed by atoms with E-state index in [-0.39, 0.29) is 5.78 Å². The van der Waals surface area contributed by atoms with Gasteiger partial charge in [0.25, 0.3) is 0 Å². The number of methoxy groups -OCH3 is 1. The van der Waals surface area contributed by atoms with E-state index < -0.39 is 0 Å². The van der Waals surface area contributed by atoms with Gasteiger partial charge >= 0.3 is 0 Å². The molecule has 1 heterocycles. The Hall–Kier alpha value is -1.81. The van der Waals surface area contributed by atoms with E-state index in [1.54, 1.807) is 25.4 Å². The van der Waals surface area contributed by atoms with Crippen LogP contribution >= 0.6 is 11.8 Å². The van der Waals surface area contributed by atoms with E-state index in [9.17, 15) is 4.79 Å². The summed E-state index contributed by atoms with van der Waals surface area (Å²) in [5, 5.41) is 0. The molecule has 0 radical (unpaired) electrons. The van der Waals surface area contributed by atoms with E-state index in [1.807, 2.05) is 25.1 Å². The quantitative estimate of drug-likeness (QED) is 0.618. The highest BCUT2D eigenvalue weighted by Crippen LogP contribution is 2.22. The normalized spacial score (nSPS) is 10.2. The van der Waals surface area contributed by atoms with Gasteiger partial charge < -0.3 is 4.74 Å². The van der Waals surface area contributed by atoms with Gasteiger partial charge in [0.05, 0.1) is 12.9 Å². The molecule has 0 unspecified atom stereocenters. The second-order valence-corrected chi connectivity index (χ2v) is 5.13. The number of aryl methyl sites for hydroxylation is 1. The van der Waals surface area contributed by atoms with Crippen molar-refractivity contribution in [1.29, 1.82) is 0 Å². The second kappa shape index (κ2) is 6.38. The summed E-state index contributed by atoms with van der Waals surface area (Å²) in [5.41, 5.74) is 1.58. The van der Waals surface area contributed by atoms with E-state index in [2.05, 4.69) is 11.1 Å². The smallest absolute Gasteiger partial charge is 0.195 e. The molecule has 0 aliphatic rings. The first-order valence-electron chi connectivity index (χ1n) is 5.92. The third-order valence-electron chi connectivity index (χ3n) is 2.61. The van der Waals surface area contributed by atoms with Crippen molar-refractivity contribution in [2.75, 3.05) is 12.9 Å². The molecule has 0 amide bonds. The van der Waals surface area contributed by atoms with Crippen molar-refractivity contribution < 1.29 is 9.53 Å². The van der Waals surface area contributed by atoms with Gasteiger partial charge in [0.1, 0.15) is 11.4 Å². The number of rotatable bonds is 5. The van der Waals surface area contributed by atoms with E-state index in [4.69, 9.17) is 4.74 Å². The molecule has 1 aromatic heterocycles. The molecule has 2 aromatic rings. The average Bonchev–Trinajstić information content (AvgIpc) is 2.45. The van der Waals surface area contributed by atoms with Crippen molar-refractivity contribution in [3.05, 3.63) is 53.9 Å². The number of hydrogen-bond donors (Lipinski definition) is 0. The van der Waals surface area contributed by atoms with Crippen LogP contribution in [0.2, 0.25) is 0 Å². The van der Waals surface area contributed by atoms with Gasteiger partial charge in [-0.15, -0.1) is 11.8 Å². The van der Waals surface area contributed by atoms with Gasteiger partial charge in [0.15, 0.2) is 5.78 Å². The summed E-state index contributed by atoms with van der Waals surface area (Å²) < 4.78 is 5.15. The summed E-state index contributed by atoms with van der Waals surface area (Å²) >= 11 is 1.51. The van der Waals surface area contributed by atoms with Crippen LogP contribution in [0.25, 0.3) is 0 Å². The monoisotopic (exact) mass is 273 g/mol. The molecule has 2 rings (SSSR count). The van der Waals surface area contributed by atoms with E-state index in [0.717, 1.165) is 4.90 Å². The Morgan fingerprint density at radius 1 is 1.32 bits per heavy atom. The minimum atomic E-state index is -0.0241. The van der Waals surface area contributed by atoms with Gasteiger partial charge in [-0.05, 0) is 31.2 Å². The Kier molecular flexibility index (Phi) is 4.58. The van der Waals surface area contributed by atoms with Crippen molar-refractivity contribution in [3.8, 4) is 5.75 Å². The Bertz CT molecular complexity index is 584. The molecular weight excluding hydrogens is 258 g/mol. The Labute approximate surface area is 117 Å². The molecule has 0 bridgehead atoms. The van der Waals surface area contributed by atoms with Crippen LogP contribution in [0.1, 0.15) is 16.1 Å². The van der Waals surface area contributed by atoms with Crippen LogP contribution in [0, 0.1) is 6.92 Å². The molecule has 0 N–H and O–H groups in total. The summed E-state index contributed by atoms with van der Waals surface area (Å²) in [6.45, 7) is 2.04. The number of pyridine rings is 1. The number of carbonyl (C=O) groups is 1. The lowest BCUT2D eigenvalue weighted by Crippen LogP contribution is -2.07. The standard InChI is InChI=1S/C15H15NO2S/c1-11-5-3-6-12(9-11)19-10-13(17)15-14(18-2)7-4-8-16-15/h3-9H,10H2,1-2H3. The third-order valence-corrected chi connectivity index (χ3v) is 3.61. The van der Waals surface area contributed by atoms with Crippen molar-refractivity contribution in [1.82, 2.24) is 4.98 Å². The van der Waals surface area contributed by atoms with Crippen LogP contribution < -0.4 is 4.74 Å². The highest BCUT2D eigenvalue weighted by molar-refractivity contribution is 8.00. The number of Topliss-reactive ketones (excluding diaryl/α,β-unsaturated/α-hetero) is 1. The highest BCUT2D eigenvalue weighted by atomic mass is 32.2. The van der Waals surface area contributed by atoms with Crippen LogP contribution in [-0.4, -0.2) is 23.6 Å². The minimum absolute atomic E-state index is 0.0241. The lowest BCUT2D eigenvalue weighted by atomic mass is 10.2. The first-order valence-corrected chi connectivity index (χ1v) is 6.91. The number of thioether (sulfide) groups is 1. The van der Waals surface area contributed by atoms with Crippen LogP contribution in [0.3, 0.4) is 0 Å². The Balaban J connectivity index is 2.05. The van der Waals surface area contributed by atoms with Crippen molar-refractivity contribution in [3.63, 3.8) is 0 Å². The molecule has 19 heavy (non-hydrogen) atoms. The topological polar surface area (TPSA) is 39.2 Å². The zero-order valence-corrected chi connectivity index (χ0v) is 11.7. The number of benzene rings is 1. The predicted octanol–water partition coefficient (Wildman–Crippen LogP) is 3.37. The molecule has 0 atom stereocenters. The van der Waals surface area contributed by atoms with Gasteiger partial charge in [-0.3, -0.25) is 4.79 Å². The molecule has 0 spiro atoms. The van der Waals surface area contributed by atoms with Gasteiger partial charge in [-0.1, -0.05) is 17.7 Å². The summed E-state index contributed by atoms with van der Waals surface area (Å²) in [6, 6.07) is 11.6. The largest absolute Gasteiger partial charge is 0.494 e. The molecule has 4 heteroatoms. The highest BCUT2D eigenvalue weighted by Gasteiger charge is 2.13. The fraction of sp³-hybridized carbons (Fsp3) is 0.200. The van der Waals surface area contributed by atoms with Crippen molar-refractivity contribution in [2.45, 2.75) is 11.8 Å². The van der Waals surface area contributed by atoms with Gasteiger partial charge in [0.2, 0.25) is 0 Å². The SMILES string of the molecule is COc1cccnc1C(=O)CSc1cccc(C)c1. The maximum absolute atomic E-state index is 12.1. The van der Waals surface area contributed by atoms with Crippen LogP contribution in [0.4, 0.5) is 0 Å². The van der Waals surface area contributed by atoms with Gasteiger partial charge in [-0.2, -0.15) is 0 Å². The van der Waals surface area contributed by atoms with Crippen molar-refractivity contribution in [2.24, 2.45) is 0 Å². The maximum Gasteiger partial charge on any atom is 0.195 e. The minimum Gasteiger partial charge on any atom is -0.494 e. The van der Waals surface area contributed by atoms with Crippen LogP contribution in [0.5, 0.6) is 5.75 Å². The van der Waals surface area contributed by atoms with E-state index in [0.29, 0.717) is 17.2 Å². The molecule has 0 aliphatic carbocycles. The Morgan fingerprint density at radius 3 is 2.89 bits per heavy atom. The molecule has 3 nitrogen and oxygen atoms in total. The first kappa shape index (κ1) is 13.6. The summed E-state index contributed by atoms with van der Waals surface area (Å²) in [7, 11) is 1.54. The molecule has 0 saturated heterocycles. The summed E-state index contributed by atoms with van der Waals surface area (Å²) in [5.74, 6) is 0.859. The fourth-order valence-corrected chi connectivity index (χ4v) is 2.57. The van der Waals surface area contributed by atoms with Gasteiger partial charge in [-0.25, -0.2) is 4.98 Å². The number of hydrogen-bond acceptors (Lipinski definition) is 4. The molecule has 0 saturated carbocycles. The van der Waals surface area contributed by atoms with E-state index in [1.165, 1.54) is 17.3 Å². The number of nitrogens with zero attached hydrogens (tertiary/aromatic N) is 1. The lowest BCUT2D eigenvalue weighted by molar-refractivity contribution is 0.101. The fourth-order valence-electron chi connectivity index (χ4n) is 1.69. The zero-order valence-electron chi connectivity index (χ0n) is 10.9. The summed E-state index contributed by atoms with van der Waals surface area (Å²) in [4.78, 5) is 17.3. The molecular formula is C15H15NO2S. The average molecular weight is 273 g/mol. The number of carbonyl (C=O) groups excluding carboxylic acids is 1. The number of ketones is 1.